The summed E-state index contributed by atoms with van der Waals surface area (Å²) in [5, 5.41) is 6.82. The number of nitrogens with one attached hydrogen (secondary N) is 1. The Bertz CT molecular complexity index is 1450. The van der Waals surface area contributed by atoms with E-state index in [0.717, 1.165) is 55.7 Å². The normalized spacial score (nSPS) is 10.9. The number of halogens is 1. The summed E-state index contributed by atoms with van der Waals surface area (Å²) in [6.45, 7) is 0. The van der Waals surface area contributed by atoms with Crippen LogP contribution in [0.4, 0.5) is 17.1 Å². The lowest BCUT2D eigenvalue weighted by molar-refractivity contribution is -0.00000672. The number of anilines is 3. The number of nitrogens with zero attached hydrogens (tertiary/aromatic N) is 3. The third-order valence-electron chi connectivity index (χ3n) is 5.56. The van der Waals surface area contributed by atoms with Gasteiger partial charge in [-0.15, -0.1) is 0 Å². The molecule has 0 bridgehead atoms. The van der Waals surface area contributed by atoms with E-state index in [0.29, 0.717) is 0 Å². The van der Waals surface area contributed by atoms with Crippen molar-refractivity contribution in [3.8, 4) is 11.5 Å². The molecular formula is C26H25ClN4O. The predicted octanol–water partition coefficient (Wildman–Crippen LogP) is 1.93. The molecular weight excluding hydrogens is 420 g/mol. The van der Waals surface area contributed by atoms with Crippen LogP contribution in [0.1, 0.15) is 0 Å². The first-order chi connectivity index (χ1) is 15.0. The molecule has 0 aromatic heterocycles. The van der Waals surface area contributed by atoms with Crippen molar-refractivity contribution in [2.24, 2.45) is 0 Å². The van der Waals surface area contributed by atoms with Crippen LogP contribution in [0.2, 0.25) is 0 Å². The molecule has 162 valence electrons. The first kappa shape index (κ1) is 21.7. The molecule has 0 fully saturated rings. The maximum absolute atomic E-state index is 6.34. The molecule has 0 saturated carbocycles. The van der Waals surface area contributed by atoms with Gasteiger partial charge < -0.3 is 27.0 Å². The van der Waals surface area contributed by atoms with Gasteiger partial charge in [-0.25, -0.2) is 9.56 Å². The Morgan fingerprint density at radius 2 is 1.59 bits per heavy atom. The minimum Gasteiger partial charge on any atom is -1.00 e. The van der Waals surface area contributed by atoms with E-state index in [1.807, 2.05) is 52.5 Å². The van der Waals surface area contributed by atoms with Crippen LogP contribution in [0.3, 0.4) is 0 Å². The Morgan fingerprint density at radius 3 is 2.28 bits per heavy atom. The molecule has 0 unspecified atom stereocenters. The van der Waals surface area contributed by atoms with Gasteiger partial charge in [0.15, 0.2) is 11.3 Å². The molecule has 5 rings (SSSR count). The van der Waals surface area contributed by atoms with E-state index in [2.05, 4.69) is 63.3 Å². The third kappa shape index (κ3) is 3.87. The fraction of sp³-hybridized carbons (Fsp3) is 0.154. The van der Waals surface area contributed by atoms with Crippen LogP contribution in [-0.4, -0.2) is 33.2 Å². The molecule has 1 N–H and O–H groups in total. The average Bonchev–Trinajstić information content (AvgIpc) is 2.78. The molecule has 0 atom stereocenters. The Kier molecular flexibility index (Phi) is 5.76. The molecule has 6 heteroatoms. The molecule has 5 nitrogen and oxygen atoms in total. The molecule has 3 aromatic carbocycles. The van der Waals surface area contributed by atoms with E-state index < -0.39 is 0 Å². The van der Waals surface area contributed by atoms with Crippen LogP contribution >= 0.6 is 0 Å². The van der Waals surface area contributed by atoms with E-state index in [-0.39, 0.29) is 12.4 Å². The monoisotopic (exact) mass is 444 g/mol. The largest absolute Gasteiger partial charge is 1.00 e. The van der Waals surface area contributed by atoms with Crippen molar-refractivity contribution in [2.45, 2.75) is 0 Å². The van der Waals surface area contributed by atoms with Gasteiger partial charge in [0.1, 0.15) is 25.3 Å². The highest BCUT2D eigenvalue weighted by molar-refractivity contribution is 6.10. The number of aromatic nitrogens is 1. The van der Waals surface area contributed by atoms with Crippen LogP contribution in [0.25, 0.3) is 33.3 Å². The van der Waals surface area contributed by atoms with Gasteiger partial charge in [-0.2, -0.15) is 0 Å². The van der Waals surface area contributed by atoms with Crippen molar-refractivity contribution in [1.82, 2.24) is 9.56 Å². The molecule has 32 heavy (non-hydrogen) atoms. The number of hydrogen-bond acceptors (Lipinski definition) is 4. The highest BCUT2D eigenvalue weighted by Crippen LogP contribution is 2.35. The molecule has 2 aliphatic rings. The van der Waals surface area contributed by atoms with Gasteiger partial charge in [-0.05, 0) is 30.3 Å². The molecule has 0 saturated heterocycles. The topological polar surface area (TPSA) is 44.3 Å². The maximum atomic E-state index is 6.34. The van der Waals surface area contributed by atoms with Crippen molar-refractivity contribution >= 4 is 38.9 Å². The summed E-state index contributed by atoms with van der Waals surface area (Å²) in [5.41, 5.74) is 5.66. The first-order valence-electron chi connectivity index (χ1n) is 10.3. The van der Waals surface area contributed by atoms with Crippen LogP contribution in [0.15, 0.2) is 77.2 Å². The van der Waals surface area contributed by atoms with E-state index in [1.165, 1.54) is 0 Å². The van der Waals surface area contributed by atoms with Gasteiger partial charge in [-0.3, -0.25) is 0 Å². The van der Waals surface area contributed by atoms with Crippen molar-refractivity contribution in [3.63, 3.8) is 0 Å². The minimum atomic E-state index is 0. The second kappa shape index (κ2) is 8.52. The van der Waals surface area contributed by atoms with Crippen LogP contribution in [0.5, 0.6) is 0 Å². The van der Waals surface area contributed by atoms with Gasteiger partial charge in [0, 0.05) is 48.4 Å². The lowest BCUT2D eigenvalue weighted by atomic mass is 10.1. The molecule has 0 spiro atoms. The van der Waals surface area contributed by atoms with Crippen LogP contribution < -0.4 is 32.6 Å². The van der Waals surface area contributed by atoms with Crippen molar-refractivity contribution < 1.29 is 16.8 Å². The summed E-state index contributed by atoms with van der Waals surface area (Å²) >= 11 is 0. The number of hydrogen-bond donors (Lipinski definition) is 1. The number of benzene rings is 4. The molecule has 0 radical (unpaired) electrons. The summed E-state index contributed by atoms with van der Waals surface area (Å²) in [4.78, 5) is 7.03. The zero-order valence-corrected chi connectivity index (χ0v) is 19.3. The fourth-order valence-electron chi connectivity index (χ4n) is 3.82. The fourth-order valence-corrected chi connectivity index (χ4v) is 3.82. The van der Waals surface area contributed by atoms with E-state index in [4.69, 9.17) is 9.40 Å². The standard InChI is InChI=1S/C26H24N4O.ClH/c1-29(2)18-11-9-17(10-12-18)27-23-16-25-26(21-8-6-5-7-20(21)23)28-22-14-13-19(30(3)4)15-24(22)31-25;/h5-16H,1-4H3;1H. The summed E-state index contributed by atoms with van der Waals surface area (Å²) in [7, 11) is 8.12. The van der Waals surface area contributed by atoms with Crippen molar-refractivity contribution in [2.75, 3.05) is 38.4 Å². The van der Waals surface area contributed by atoms with Crippen molar-refractivity contribution in [1.29, 1.82) is 0 Å². The number of rotatable bonds is 3. The van der Waals surface area contributed by atoms with Gasteiger partial charge in [-0.1, -0.05) is 24.3 Å². The smallest absolute Gasteiger partial charge is 0.203 e. The zero-order valence-electron chi connectivity index (χ0n) is 18.6. The van der Waals surface area contributed by atoms with Crippen LogP contribution in [-0.2, 0) is 0 Å². The Labute approximate surface area is 193 Å². The zero-order chi connectivity index (χ0) is 21.5. The second-order valence-electron chi connectivity index (χ2n) is 8.14. The van der Waals surface area contributed by atoms with E-state index >= 15 is 0 Å². The second-order valence-corrected chi connectivity index (χ2v) is 8.14. The Morgan fingerprint density at radius 1 is 0.875 bits per heavy atom. The molecule has 0 amide bonds. The quantitative estimate of drug-likeness (QED) is 0.262. The summed E-state index contributed by atoms with van der Waals surface area (Å²) < 4.78 is 8.40. The lowest BCUT2D eigenvalue weighted by Crippen LogP contribution is -3.00. The third-order valence-corrected chi connectivity index (χ3v) is 5.56. The van der Waals surface area contributed by atoms with E-state index in [9.17, 15) is 0 Å². The van der Waals surface area contributed by atoms with Gasteiger partial charge in [0.25, 0.3) is 0 Å². The molecule has 3 aromatic rings. The highest BCUT2D eigenvalue weighted by Gasteiger charge is 2.15. The number of fused-ring (bicyclic) bond motifs is 4. The van der Waals surface area contributed by atoms with Crippen LogP contribution in [0, 0.1) is 0 Å². The molecule has 1 aliphatic heterocycles. The first-order valence-corrected chi connectivity index (χ1v) is 10.3. The Hall–Kier alpha value is -3.57. The van der Waals surface area contributed by atoms with Gasteiger partial charge in [0.2, 0.25) is 5.36 Å². The SMILES string of the molecule is CN(C)c1ccc(Nc2cc3oc4cc(=[N+](C)C)ccc-4nc3c3ccccc23)cc1.[Cl-]. The Balaban J connectivity index is 0.00000245. The summed E-state index contributed by atoms with van der Waals surface area (Å²) in [6.07, 6.45) is 0. The minimum absolute atomic E-state index is 0. The van der Waals surface area contributed by atoms with Gasteiger partial charge in [0.05, 0.1) is 11.8 Å². The summed E-state index contributed by atoms with van der Waals surface area (Å²) in [5.74, 6) is 0.773. The van der Waals surface area contributed by atoms with Gasteiger partial charge >= 0.3 is 0 Å². The van der Waals surface area contributed by atoms with Crippen molar-refractivity contribution in [3.05, 3.63) is 78.2 Å². The highest BCUT2D eigenvalue weighted by atomic mass is 35.5. The lowest BCUT2D eigenvalue weighted by Gasteiger charge is -2.15. The predicted molar refractivity (Wildman–Crippen MR) is 129 cm³/mol. The molecule has 1 heterocycles. The maximum Gasteiger partial charge on any atom is 0.203 e. The molecule has 1 aliphatic carbocycles. The van der Waals surface area contributed by atoms with E-state index in [1.54, 1.807) is 0 Å². The average molecular weight is 445 g/mol. The summed E-state index contributed by atoms with van der Waals surface area (Å²) in [6, 6.07) is 24.9.